The Kier molecular flexibility index (Phi) is 4.08. The molecule has 106 valence electrons. The predicted molar refractivity (Wildman–Crippen MR) is 71.3 cm³/mol. The van der Waals surface area contributed by atoms with Crippen molar-refractivity contribution in [1.29, 1.82) is 0 Å². The van der Waals surface area contributed by atoms with E-state index in [9.17, 15) is 13.6 Å². The number of thioether (sulfide) groups is 1. The molecule has 1 aromatic carbocycles. The van der Waals surface area contributed by atoms with Crippen molar-refractivity contribution in [3.05, 3.63) is 41.2 Å². The minimum absolute atomic E-state index is 0.229. The van der Waals surface area contributed by atoms with E-state index < -0.39 is 17.6 Å². The van der Waals surface area contributed by atoms with Gasteiger partial charge in [-0.3, -0.25) is 9.36 Å². The van der Waals surface area contributed by atoms with Gasteiger partial charge >= 0.3 is 5.97 Å². The maximum atomic E-state index is 14.2. The van der Waals surface area contributed by atoms with Crippen molar-refractivity contribution in [3.8, 4) is 5.69 Å². The molecule has 0 aliphatic rings. The van der Waals surface area contributed by atoms with E-state index in [-0.39, 0.29) is 16.6 Å². The van der Waals surface area contributed by atoms with Crippen LogP contribution in [0.5, 0.6) is 0 Å². The van der Waals surface area contributed by atoms with Crippen LogP contribution in [-0.4, -0.2) is 26.4 Å². The highest BCUT2D eigenvalue weighted by Crippen LogP contribution is 2.28. The molecule has 0 aliphatic carbocycles. The molecule has 0 amide bonds. The highest BCUT2D eigenvalue weighted by molar-refractivity contribution is 7.99. The van der Waals surface area contributed by atoms with E-state index in [4.69, 9.17) is 5.11 Å². The summed E-state index contributed by atoms with van der Waals surface area (Å²) in [6, 6.07) is 2.53. The second-order valence-electron chi connectivity index (χ2n) is 4.23. The molecule has 0 fully saturated rings. The first-order valence-corrected chi connectivity index (χ1v) is 6.74. The Morgan fingerprint density at radius 2 is 2.10 bits per heavy atom. The van der Waals surface area contributed by atoms with E-state index in [2.05, 4.69) is 4.98 Å². The SMILES string of the molecule is Cc1ccc(F)c(-n2c(C)cnc2SCC(=O)O)c1F. The average Bonchev–Trinajstić information content (AvgIpc) is 2.74. The van der Waals surface area contributed by atoms with Crippen LogP contribution in [0.4, 0.5) is 8.78 Å². The number of carboxylic acid groups (broad SMARTS) is 1. The van der Waals surface area contributed by atoms with Crippen LogP contribution in [0.2, 0.25) is 0 Å². The monoisotopic (exact) mass is 298 g/mol. The first kappa shape index (κ1) is 14.5. The van der Waals surface area contributed by atoms with E-state index in [1.807, 2.05) is 0 Å². The Morgan fingerprint density at radius 3 is 2.75 bits per heavy atom. The van der Waals surface area contributed by atoms with Crippen molar-refractivity contribution in [1.82, 2.24) is 9.55 Å². The number of halogens is 2. The van der Waals surface area contributed by atoms with Gasteiger partial charge in [-0.1, -0.05) is 17.8 Å². The van der Waals surface area contributed by atoms with Gasteiger partial charge in [-0.15, -0.1) is 0 Å². The van der Waals surface area contributed by atoms with Crippen molar-refractivity contribution >= 4 is 17.7 Å². The fourth-order valence-electron chi connectivity index (χ4n) is 1.76. The Bertz CT molecular complexity index is 671. The summed E-state index contributed by atoms with van der Waals surface area (Å²) in [5, 5.41) is 8.93. The summed E-state index contributed by atoms with van der Waals surface area (Å²) in [6.45, 7) is 3.19. The Morgan fingerprint density at radius 1 is 1.40 bits per heavy atom. The zero-order chi connectivity index (χ0) is 14.9. The molecule has 0 aliphatic heterocycles. The Hall–Kier alpha value is -1.89. The van der Waals surface area contributed by atoms with Gasteiger partial charge in [0.1, 0.15) is 11.5 Å². The van der Waals surface area contributed by atoms with Crippen LogP contribution >= 0.6 is 11.8 Å². The smallest absolute Gasteiger partial charge is 0.313 e. The van der Waals surface area contributed by atoms with Crippen molar-refractivity contribution in [2.75, 3.05) is 5.75 Å². The number of hydrogen-bond donors (Lipinski definition) is 1. The quantitative estimate of drug-likeness (QED) is 0.882. The summed E-state index contributed by atoms with van der Waals surface area (Å²) in [7, 11) is 0. The lowest BCUT2D eigenvalue weighted by molar-refractivity contribution is -0.133. The molecule has 0 spiro atoms. The number of aryl methyl sites for hydroxylation is 2. The predicted octanol–water partition coefficient (Wildman–Crippen LogP) is 2.94. The molecule has 4 nitrogen and oxygen atoms in total. The van der Waals surface area contributed by atoms with Gasteiger partial charge in [-0.25, -0.2) is 13.8 Å². The number of aromatic nitrogens is 2. The summed E-state index contributed by atoms with van der Waals surface area (Å²) in [5.74, 6) is -2.65. The van der Waals surface area contributed by atoms with Crippen LogP contribution in [0.1, 0.15) is 11.3 Å². The summed E-state index contributed by atoms with van der Waals surface area (Å²) in [4.78, 5) is 14.6. The lowest BCUT2D eigenvalue weighted by Gasteiger charge is -2.12. The van der Waals surface area contributed by atoms with Crippen molar-refractivity contribution < 1.29 is 18.7 Å². The first-order chi connectivity index (χ1) is 9.41. The molecule has 0 bridgehead atoms. The van der Waals surface area contributed by atoms with Crippen molar-refractivity contribution in [3.63, 3.8) is 0 Å². The minimum Gasteiger partial charge on any atom is -0.481 e. The number of nitrogens with zero attached hydrogens (tertiary/aromatic N) is 2. The molecule has 2 aromatic rings. The van der Waals surface area contributed by atoms with E-state index in [0.29, 0.717) is 11.3 Å². The highest BCUT2D eigenvalue weighted by Gasteiger charge is 2.19. The zero-order valence-corrected chi connectivity index (χ0v) is 11.7. The maximum Gasteiger partial charge on any atom is 0.313 e. The van der Waals surface area contributed by atoms with Gasteiger partial charge in [0.05, 0.1) is 5.75 Å². The number of carbonyl (C=O) groups is 1. The summed E-state index contributed by atoms with van der Waals surface area (Å²) >= 11 is 0.913. The van der Waals surface area contributed by atoms with Gasteiger partial charge in [0, 0.05) is 11.9 Å². The summed E-state index contributed by atoms with van der Waals surface area (Å²) in [6.07, 6.45) is 1.45. The van der Waals surface area contributed by atoms with Gasteiger partial charge < -0.3 is 5.11 Å². The third-order valence-corrected chi connectivity index (χ3v) is 3.65. The van der Waals surface area contributed by atoms with Crippen molar-refractivity contribution in [2.24, 2.45) is 0 Å². The Labute approximate surface area is 118 Å². The third-order valence-electron chi connectivity index (χ3n) is 2.71. The molecule has 0 atom stereocenters. The molecule has 0 unspecified atom stereocenters. The second kappa shape index (κ2) is 5.62. The van der Waals surface area contributed by atoms with Gasteiger partial charge in [-0.05, 0) is 25.5 Å². The lowest BCUT2D eigenvalue weighted by atomic mass is 10.2. The van der Waals surface area contributed by atoms with Crippen LogP contribution in [0, 0.1) is 25.5 Å². The summed E-state index contributed by atoms with van der Waals surface area (Å²) < 4.78 is 29.4. The molecule has 7 heteroatoms. The van der Waals surface area contributed by atoms with Gasteiger partial charge in [0.2, 0.25) is 0 Å². The molecule has 20 heavy (non-hydrogen) atoms. The number of benzene rings is 1. The van der Waals surface area contributed by atoms with Gasteiger partial charge in [-0.2, -0.15) is 0 Å². The third kappa shape index (κ3) is 2.67. The molecule has 1 N–H and O–H groups in total. The molecule has 1 aromatic heterocycles. The Balaban J connectivity index is 2.55. The molecular formula is C13H12F2N2O2S. The molecule has 1 heterocycles. The number of rotatable bonds is 4. The van der Waals surface area contributed by atoms with Gasteiger partial charge in [0.15, 0.2) is 11.0 Å². The van der Waals surface area contributed by atoms with Crippen LogP contribution in [0.15, 0.2) is 23.5 Å². The van der Waals surface area contributed by atoms with E-state index >= 15 is 0 Å². The molecule has 0 saturated heterocycles. The number of imidazole rings is 1. The fraction of sp³-hybridized carbons (Fsp3) is 0.231. The van der Waals surface area contributed by atoms with Crippen LogP contribution in [0.3, 0.4) is 0 Å². The van der Waals surface area contributed by atoms with Gasteiger partial charge in [0.25, 0.3) is 0 Å². The molecule has 2 rings (SSSR count). The second-order valence-corrected chi connectivity index (χ2v) is 5.17. The van der Waals surface area contributed by atoms with E-state index in [1.165, 1.54) is 29.8 Å². The largest absolute Gasteiger partial charge is 0.481 e. The van der Waals surface area contributed by atoms with Crippen LogP contribution < -0.4 is 0 Å². The van der Waals surface area contributed by atoms with Crippen molar-refractivity contribution in [2.45, 2.75) is 19.0 Å². The molecule has 0 saturated carbocycles. The summed E-state index contributed by atoms with van der Waals surface area (Å²) in [5.41, 5.74) is 0.609. The average molecular weight is 298 g/mol. The van der Waals surface area contributed by atoms with E-state index in [1.54, 1.807) is 6.92 Å². The standard InChI is InChI=1S/C13H12F2N2O2S/c1-7-3-4-9(14)12(11(7)15)17-8(2)5-16-13(17)20-6-10(18)19/h3-5H,6H2,1-2H3,(H,18,19). The lowest BCUT2D eigenvalue weighted by Crippen LogP contribution is -2.07. The maximum absolute atomic E-state index is 14.2. The molecular weight excluding hydrogens is 286 g/mol. The van der Waals surface area contributed by atoms with E-state index in [0.717, 1.165) is 11.8 Å². The minimum atomic E-state index is -1.02. The number of carboxylic acids is 1. The highest BCUT2D eigenvalue weighted by atomic mass is 32.2. The first-order valence-electron chi connectivity index (χ1n) is 5.75. The zero-order valence-electron chi connectivity index (χ0n) is 10.9. The normalized spacial score (nSPS) is 10.8. The van der Waals surface area contributed by atoms with Crippen LogP contribution in [0.25, 0.3) is 5.69 Å². The number of aliphatic carboxylic acids is 1. The molecule has 0 radical (unpaired) electrons. The number of hydrogen-bond acceptors (Lipinski definition) is 3. The fourth-order valence-corrected chi connectivity index (χ4v) is 2.51. The van der Waals surface area contributed by atoms with Crippen LogP contribution in [-0.2, 0) is 4.79 Å². The topological polar surface area (TPSA) is 55.1 Å².